The van der Waals surface area contributed by atoms with Gasteiger partial charge in [-0.3, -0.25) is 4.79 Å². The lowest BCUT2D eigenvalue weighted by atomic mass is 10.1. The number of phenols is 1. The number of hydrogen-bond acceptors (Lipinski definition) is 5. The lowest BCUT2D eigenvalue weighted by Crippen LogP contribution is -2.14. The molecule has 7 nitrogen and oxygen atoms in total. The summed E-state index contributed by atoms with van der Waals surface area (Å²) in [5.74, 6) is 0.669. The first-order valence-electron chi connectivity index (χ1n) is 7.02. The van der Waals surface area contributed by atoms with Crippen molar-refractivity contribution >= 4 is 11.6 Å². The maximum Gasteiger partial charge on any atom is 0.228 e. The maximum absolute atomic E-state index is 12.1. The number of tetrazole rings is 1. The van der Waals surface area contributed by atoms with Gasteiger partial charge in [-0.2, -0.15) is 0 Å². The first-order chi connectivity index (χ1) is 11.1. The van der Waals surface area contributed by atoms with Gasteiger partial charge < -0.3 is 10.4 Å². The average molecular weight is 309 g/mol. The van der Waals surface area contributed by atoms with Gasteiger partial charge in [0, 0.05) is 18.3 Å². The second-order valence-electron chi connectivity index (χ2n) is 5.10. The molecule has 116 valence electrons. The number of aromatic hydroxyl groups is 1. The van der Waals surface area contributed by atoms with E-state index in [1.807, 2.05) is 24.3 Å². The van der Waals surface area contributed by atoms with Crippen molar-refractivity contribution in [3.63, 3.8) is 0 Å². The van der Waals surface area contributed by atoms with E-state index in [4.69, 9.17) is 0 Å². The van der Waals surface area contributed by atoms with Crippen molar-refractivity contribution in [2.75, 3.05) is 5.32 Å². The second-order valence-corrected chi connectivity index (χ2v) is 5.10. The second kappa shape index (κ2) is 6.27. The summed E-state index contributed by atoms with van der Waals surface area (Å²) >= 11 is 0. The van der Waals surface area contributed by atoms with E-state index in [9.17, 15) is 9.90 Å². The average Bonchev–Trinajstić information content (AvgIpc) is 2.96. The Morgan fingerprint density at radius 3 is 2.70 bits per heavy atom. The zero-order valence-corrected chi connectivity index (χ0v) is 12.5. The molecule has 0 radical (unpaired) electrons. The van der Waals surface area contributed by atoms with Crippen molar-refractivity contribution in [2.24, 2.45) is 7.05 Å². The maximum atomic E-state index is 12.1. The van der Waals surface area contributed by atoms with Gasteiger partial charge in [-0.05, 0) is 40.3 Å². The Morgan fingerprint density at radius 2 is 2.00 bits per heavy atom. The number of carbonyl (C=O) groups is 1. The molecule has 0 saturated carbocycles. The van der Waals surface area contributed by atoms with Crippen LogP contribution in [0.4, 0.5) is 5.69 Å². The van der Waals surface area contributed by atoms with Gasteiger partial charge in [-0.25, -0.2) is 4.68 Å². The molecule has 0 atom stereocenters. The quantitative estimate of drug-likeness (QED) is 0.766. The predicted octanol–water partition coefficient (Wildman–Crippen LogP) is 1.76. The van der Waals surface area contributed by atoms with E-state index in [0.717, 1.165) is 11.1 Å². The van der Waals surface area contributed by atoms with Crippen LogP contribution in [0, 0.1) is 0 Å². The normalized spacial score (nSPS) is 10.5. The highest BCUT2D eigenvalue weighted by Crippen LogP contribution is 2.20. The smallest absolute Gasteiger partial charge is 0.228 e. The highest BCUT2D eigenvalue weighted by Gasteiger charge is 2.08. The molecule has 1 heterocycles. The summed E-state index contributed by atoms with van der Waals surface area (Å²) in [4.78, 5) is 12.1. The fraction of sp³-hybridized carbons (Fsp3) is 0.125. The van der Waals surface area contributed by atoms with E-state index < -0.39 is 0 Å². The van der Waals surface area contributed by atoms with Gasteiger partial charge in [0.05, 0.1) is 6.42 Å². The number of phenolic OH excluding ortho intramolecular Hbond substituents is 1. The Labute approximate surface area is 132 Å². The fourth-order valence-electron chi connectivity index (χ4n) is 2.21. The number of aromatic nitrogens is 4. The van der Waals surface area contributed by atoms with Crippen LogP contribution >= 0.6 is 0 Å². The molecule has 0 fully saturated rings. The number of rotatable bonds is 4. The summed E-state index contributed by atoms with van der Waals surface area (Å²) in [7, 11) is 1.76. The molecule has 0 bridgehead atoms. The first-order valence-corrected chi connectivity index (χ1v) is 7.02. The van der Waals surface area contributed by atoms with E-state index in [1.54, 1.807) is 36.0 Å². The molecule has 3 aromatic rings. The van der Waals surface area contributed by atoms with Crippen molar-refractivity contribution < 1.29 is 9.90 Å². The molecule has 0 aliphatic heterocycles. The molecular formula is C16H15N5O2. The standard InChI is InChI=1S/C16H15N5O2/c1-21-16(18-19-20-21)12-3-2-4-13(10-12)17-15(23)9-11-5-7-14(22)8-6-11/h2-8,10,22H,9H2,1H3,(H,17,23). The number of carbonyl (C=O) groups excluding carboxylic acids is 1. The van der Waals surface area contributed by atoms with Gasteiger partial charge in [-0.1, -0.05) is 24.3 Å². The van der Waals surface area contributed by atoms with Crippen molar-refractivity contribution in [1.82, 2.24) is 20.2 Å². The Hall–Kier alpha value is -3.22. The molecule has 0 spiro atoms. The Balaban J connectivity index is 1.71. The van der Waals surface area contributed by atoms with Crippen molar-refractivity contribution in [2.45, 2.75) is 6.42 Å². The molecular weight excluding hydrogens is 294 g/mol. The van der Waals surface area contributed by atoms with E-state index in [-0.39, 0.29) is 18.1 Å². The number of nitrogens with zero attached hydrogens (tertiary/aromatic N) is 4. The largest absolute Gasteiger partial charge is 0.508 e. The summed E-state index contributed by atoms with van der Waals surface area (Å²) in [6.45, 7) is 0. The molecule has 2 aromatic carbocycles. The zero-order chi connectivity index (χ0) is 16.2. The summed E-state index contributed by atoms with van der Waals surface area (Å²) in [6, 6.07) is 13.9. The van der Waals surface area contributed by atoms with Crippen LogP contribution in [0.2, 0.25) is 0 Å². The highest BCUT2D eigenvalue weighted by molar-refractivity contribution is 5.92. The summed E-state index contributed by atoms with van der Waals surface area (Å²) in [5.41, 5.74) is 2.32. The number of benzene rings is 2. The molecule has 0 aliphatic carbocycles. The third-order valence-electron chi connectivity index (χ3n) is 3.33. The van der Waals surface area contributed by atoms with Crippen LogP contribution in [0.25, 0.3) is 11.4 Å². The third-order valence-corrected chi connectivity index (χ3v) is 3.33. The predicted molar refractivity (Wildman–Crippen MR) is 84.7 cm³/mol. The number of aryl methyl sites for hydroxylation is 1. The molecule has 3 rings (SSSR count). The molecule has 7 heteroatoms. The molecule has 1 aromatic heterocycles. The van der Waals surface area contributed by atoms with E-state index in [2.05, 4.69) is 20.8 Å². The minimum absolute atomic E-state index is 0.135. The van der Waals surface area contributed by atoms with Crippen molar-refractivity contribution in [1.29, 1.82) is 0 Å². The van der Waals surface area contributed by atoms with Gasteiger partial charge in [-0.15, -0.1) is 5.10 Å². The molecule has 0 saturated heterocycles. The molecule has 1 amide bonds. The van der Waals surface area contributed by atoms with E-state index in [0.29, 0.717) is 11.5 Å². The number of anilines is 1. The summed E-state index contributed by atoms with van der Waals surface area (Å²) in [5, 5.41) is 23.4. The van der Waals surface area contributed by atoms with Crippen LogP contribution in [-0.4, -0.2) is 31.2 Å². The summed E-state index contributed by atoms with van der Waals surface area (Å²) < 4.78 is 1.57. The SMILES string of the molecule is Cn1nnnc1-c1cccc(NC(=O)Cc2ccc(O)cc2)c1. The van der Waals surface area contributed by atoms with Crippen molar-refractivity contribution in [3.8, 4) is 17.1 Å². The number of nitrogens with one attached hydrogen (secondary N) is 1. The minimum Gasteiger partial charge on any atom is -0.508 e. The zero-order valence-electron chi connectivity index (χ0n) is 12.5. The van der Waals surface area contributed by atoms with E-state index >= 15 is 0 Å². The van der Waals surface area contributed by atoms with Gasteiger partial charge in [0.25, 0.3) is 0 Å². The molecule has 0 unspecified atom stereocenters. The Kier molecular flexibility index (Phi) is 4.01. The van der Waals surface area contributed by atoms with Crippen LogP contribution in [-0.2, 0) is 18.3 Å². The molecule has 23 heavy (non-hydrogen) atoms. The monoisotopic (exact) mass is 309 g/mol. The van der Waals surface area contributed by atoms with Gasteiger partial charge >= 0.3 is 0 Å². The minimum atomic E-state index is -0.135. The van der Waals surface area contributed by atoms with Crippen LogP contribution in [0.15, 0.2) is 48.5 Å². The lowest BCUT2D eigenvalue weighted by molar-refractivity contribution is -0.115. The van der Waals surface area contributed by atoms with Crippen LogP contribution in [0.3, 0.4) is 0 Å². The highest BCUT2D eigenvalue weighted by atomic mass is 16.3. The van der Waals surface area contributed by atoms with Crippen molar-refractivity contribution in [3.05, 3.63) is 54.1 Å². The van der Waals surface area contributed by atoms with Gasteiger partial charge in [0.15, 0.2) is 5.82 Å². The first kappa shape index (κ1) is 14.7. The lowest BCUT2D eigenvalue weighted by Gasteiger charge is -2.07. The Morgan fingerprint density at radius 1 is 1.22 bits per heavy atom. The molecule has 0 aliphatic rings. The van der Waals surface area contributed by atoms with E-state index in [1.165, 1.54) is 0 Å². The van der Waals surface area contributed by atoms with Crippen LogP contribution < -0.4 is 5.32 Å². The van der Waals surface area contributed by atoms with Gasteiger partial charge in [0.2, 0.25) is 5.91 Å². The summed E-state index contributed by atoms with van der Waals surface area (Å²) in [6.07, 6.45) is 0.232. The number of amides is 1. The van der Waals surface area contributed by atoms with Gasteiger partial charge in [0.1, 0.15) is 5.75 Å². The Bertz CT molecular complexity index is 826. The number of hydrogen-bond donors (Lipinski definition) is 2. The topological polar surface area (TPSA) is 92.9 Å². The van der Waals surface area contributed by atoms with Crippen LogP contribution in [0.5, 0.6) is 5.75 Å². The molecule has 2 N–H and O–H groups in total. The fourth-order valence-corrected chi connectivity index (χ4v) is 2.21. The third kappa shape index (κ3) is 3.52. The van der Waals surface area contributed by atoms with Crippen LogP contribution in [0.1, 0.15) is 5.56 Å².